The number of nitrogens with zero attached hydrogens (tertiary/aromatic N) is 2. The maximum Gasteiger partial charge on any atom is 0.573 e. The van der Waals surface area contributed by atoms with Crippen molar-refractivity contribution in [3.63, 3.8) is 0 Å². The van der Waals surface area contributed by atoms with E-state index in [1.807, 2.05) is 17.0 Å². The molecule has 2 N–H and O–H groups in total. The number of rotatable bonds is 10. The molecule has 1 spiro atoms. The normalized spacial score (nSPS) is 21.0. The van der Waals surface area contributed by atoms with E-state index in [-0.39, 0.29) is 41.0 Å². The molecule has 1 atom stereocenters. The molecule has 8 nitrogen and oxygen atoms in total. The molecule has 2 aromatic rings. The number of hydrogen-bond donors (Lipinski definition) is 2. The van der Waals surface area contributed by atoms with Crippen LogP contribution in [0.3, 0.4) is 0 Å². The van der Waals surface area contributed by atoms with Crippen molar-refractivity contribution in [3.8, 4) is 5.75 Å². The number of carboxylic acid groups (broad SMARTS) is 1. The van der Waals surface area contributed by atoms with Crippen molar-refractivity contribution in [3.05, 3.63) is 65.2 Å². The molecule has 2 amide bonds. The Hall–Kier alpha value is -3.89. The van der Waals surface area contributed by atoms with Gasteiger partial charge in [0.1, 0.15) is 17.1 Å². The maximum absolute atomic E-state index is 14.6. The second-order valence-corrected chi connectivity index (χ2v) is 15.0. The van der Waals surface area contributed by atoms with E-state index in [0.29, 0.717) is 30.7 Å². The van der Waals surface area contributed by atoms with E-state index in [0.717, 1.165) is 24.8 Å². The number of carbonyl (C=O) groups is 3. The van der Waals surface area contributed by atoms with Gasteiger partial charge in [-0.25, -0.2) is 0 Å². The minimum atomic E-state index is -4.88. The second-order valence-electron chi connectivity index (χ2n) is 15.0. The van der Waals surface area contributed by atoms with Crippen LogP contribution in [-0.4, -0.2) is 52.1 Å². The second kappa shape index (κ2) is 13.7. The van der Waals surface area contributed by atoms with Crippen LogP contribution in [0, 0.1) is 16.7 Å². The Morgan fingerprint density at radius 1 is 1.04 bits per heavy atom. The number of aliphatic carboxylic acids is 1. The highest BCUT2D eigenvalue weighted by molar-refractivity contribution is 6.46. The number of carbonyl (C=O) groups excluding carboxylic acids is 2. The molecule has 47 heavy (non-hydrogen) atoms. The van der Waals surface area contributed by atoms with Gasteiger partial charge in [0.2, 0.25) is 0 Å². The molecule has 1 heterocycles. The van der Waals surface area contributed by atoms with E-state index in [1.54, 1.807) is 18.2 Å². The van der Waals surface area contributed by atoms with Crippen molar-refractivity contribution in [2.24, 2.45) is 21.7 Å². The summed E-state index contributed by atoms with van der Waals surface area (Å²) in [4.78, 5) is 45.0. The lowest BCUT2D eigenvalue weighted by Gasteiger charge is -2.47. The zero-order chi connectivity index (χ0) is 34.8. The van der Waals surface area contributed by atoms with Crippen LogP contribution in [0.2, 0.25) is 0 Å². The lowest BCUT2D eigenvalue weighted by atomic mass is 9.69. The zero-order valence-electron chi connectivity index (χ0n) is 28.0. The first-order valence-corrected chi connectivity index (χ1v) is 16.2. The third-order valence-corrected chi connectivity index (χ3v) is 9.20. The average Bonchev–Trinajstić information content (AvgIpc) is 3.23. The predicted molar refractivity (Wildman–Crippen MR) is 173 cm³/mol. The lowest BCUT2D eigenvalue weighted by Crippen LogP contribution is -2.51. The van der Waals surface area contributed by atoms with Gasteiger partial charge >= 0.3 is 12.3 Å². The van der Waals surface area contributed by atoms with Crippen molar-refractivity contribution in [2.45, 2.75) is 105 Å². The van der Waals surface area contributed by atoms with Crippen LogP contribution >= 0.6 is 0 Å². The summed E-state index contributed by atoms with van der Waals surface area (Å²) in [7, 11) is 0. The van der Waals surface area contributed by atoms with Gasteiger partial charge in [0.15, 0.2) is 0 Å². The summed E-state index contributed by atoms with van der Waals surface area (Å²) in [5, 5.41) is 11.5. The molecule has 0 radical (unpaired) electrons. The molecule has 1 fully saturated rings. The fourth-order valence-corrected chi connectivity index (χ4v) is 6.63. The molecule has 4 rings (SSSR count). The lowest BCUT2D eigenvalue weighted by molar-refractivity contribution is -0.274. The molecular weight excluding hydrogens is 611 g/mol. The quantitative estimate of drug-likeness (QED) is 0.270. The summed E-state index contributed by atoms with van der Waals surface area (Å²) in [6.45, 7) is 13.0. The third kappa shape index (κ3) is 9.14. The average molecular weight is 658 g/mol. The van der Waals surface area contributed by atoms with Crippen LogP contribution in [0.5, 0.6) is 5.75 Å². The number of halogens is 3. The molecule has 1 aliphatic carbocycles. The van der Waals surface area contributed by atoms with Gasteiger partial charge in [0.05, 0.1) is 12.5 Å². The number of benzene rings is 2. The predicted octanol–water partition coefficient (Wildman–Crippen LogP) is 7.92. The summed E-state index contributed by atoms with van der Waals surface area (Å²) in [5.74, 6) is -1.76. The number of carboxylic acids is 1. The van der Waals surface area contributed by atoms with Crippen LogP contribution < -0.4 is 10.1 Å². The Morgan fingerprint density at radius 3 is 2.23 bits per heavy atom. The number of hydrogen-bond acceptors (Lipinski definition) is 5. The van der Waals surface area contributed by atoms with Gasteiger partial charge in [-0.15, -0.1) is 13.2 Å². The first kappa shape index (κ1) is 36.0. The van der Waals surface area contributed by atoms with Crippen molar-refractivity contribution < 1.29 is 37.4 Å². The van der Waals surface area contributed by atoms with Crippen LogP contribution in [-0.2, 0) is 9.59 Å². The van der Waals surface area contributed by atoms with Crippen molar-refractivity contribution in [1.29, 1.82) is 0 Å². The number of ether oxygens (including phenoxy) is 1. The highest BCUT2D eigenvalue weighted by Crippen LogP contribution is 2.50. The zero-order valence-corrected chi connectivity index (χ0v) is 28.0. The number of aliphatic imine (C=N–C) groups is 1. The first-order chi connectivity index (χ1) is 21.8. The molecule has 0 aromatic heterocycles. The largest absolute Gasteiger partial charge is 0.573 e. The highest BCUT2D eigenvalue weighted by atomic mass is 19.4. The fraction of sp³-hybridized carbons (Fsp3) is 0.556. The maximum atomic E-state index is 14.6. The molecule has 11 heteroatoms. The number of nitrogens with one attached hydrogen (secondary N) is 1. The van der Waals surface area contributed by atoms with Gasteiger partial charge in [0, 0.05) is 17.7 Å². The monoisotopic (exact) mass is 657 g/mol. The van der Waals surface area contributed by atoms with Gasteiger partial charge in [-0.1, -0.05) is 65.8 Å². The first-order valence-electron chi connectivity index (χ1n) is 16.2. The minimum Gasteiger partial charge on any atom is -0.481 e. The van der Waals surface area contributed by atoms with E-state index in [2.05, 4.69) is 51.6 Å². The number of alkyl halides is 3. The topological polar surface area (TPSA) is 108 Å². The summed E-state index contributed by atoms with van der Waals surface area (Å²) in [6.07, 6.45) is -0.811. The van der Waals surface area contributed by atoms with Crippen LogP contribution in [0.15, 0.2) is 53.5 Å². The Labute approximate surface area is 274 Å². The van der Waals surface area contributed by atoms with E-state index in [4.69, 9.17) is 10.1 Å². The van der Waals surface area contributed by atoms with Crippen molar-refractivity contribution in [1.82, 2.24) is 10.2 Å². The molecular formula is C36H46F3N3O5. The highest BCUT2D eigenvalue weighted by Gasteiger charge is 2.53. The summed E-state index contributed by atoms with van der Waals surface area (Å²) in [5.41, 5.74) is 0.672. The summed E-state index contributed by atoms with van der Waals surface area (Å²) >= 11 is 0. The summed E-state index contributed by atoms with van der Waals surface area (Å²) < 4.78 is 43.4. The van der Waals surface area contributed by atoms with Crippen LogP contribution in [0.25, 0.3) is 0 Å². The third-order valence-electron chi connectivity index (χ3n) is 9.20. The smallest absolute Gasteiger partial charge is 0.481 e. The Kier molecular flexibility index (Phi) is 10.5. The van der Waals surface area contributed by atoms with Gasteiger partial charge in [-0.3, -0.25) is 19.4 Å². The molecule has 2 aromatic carbocycles. The van der Waals surface area contributed by atoms with E-state index < -0.39 is 35.7 Å². The minimum absolute atomic E-state index is 0.000187. The van der Waals surface area contributed by atoms with E-state index >= 15 is 0 Å². The molecule has 1 unspecified atom stereocenters. The number of amides is 2. The molecule has 2 aliphatic rings. The molecule has 1 saturated carbocycles. The van der Waals surface area contributed by atoms with E-state index in [9.17, 15) is 27.6 Å². The van der Waals surface area contributed by atoms with Gasteiger partial charge < -0.3 is 20.1 Å². The Bertz CT molecular complexity index is 1480. The standard InChI is InChI=1S/C36H46F3N3O5/c1-33(2,3)18-16-28(23-10-12-24(13-11-23)31(45)40-21-17-29(43)44)42-32(46)30(25-8-7-9-27(22-25)47-36(37,38)39)41-35(42)19-14-26(15-20-35)34(4,5)6/h7-13,22,26,28H,14-21H2,1-6H3,(H,40,45)(H,43,44). The van der Waals surface area contributed by atoms with Gasteiger partial charge in [-0.05, 0) is 85.1 Å². The van der Waals surface area contributed by atoms with Crippen molar-refractivity contribution >= 4 is 23.5 Å². The summed E-state index contributed by atoms with van der Waals surface area (Å²) in [6, 6.07) is 12.0. The van der Waals surface area contributed by atoms with E-state index in [1.165, 1.54) is 18.2 Å². The van der Waals surface area contributed by atoms with Crippen molar-refractivity contribution in [2.75, 3.05) is 6.54 Å². The van der Waals surface area contributed by atoms with Gasteiger partial charge in [0.25, 0.3) is 11.8 Å². The fourth-order valence-electron chi connectivity index (χ4n) is 6.63. The molecule has 256 valence electrons. The van der Waals surface area contributed by atoms with Crippen LogP contribution in [0.1, 0.15) is 114 Å². The molecule has 1 aliphatic heterocycles. The molecule has 0 saturated heterocycles. The Balaban J connectivity index is 1.75. The van der Waals surface area contributed by atoms with Crippen LogP contribution in [0.4, 0.5) is 13.2 Å². The molecule has 0 bridgehead atoms. The SMILES string of the molecule is CC(C)(C)CCC(c1ccc(C(=O)NCCC(=O)O)cc1)N1C(=O)C(c2cccc(OC(F)(F)F)c2)=NC12CCC(C(C)(C)C)CC2. The van der Waals surface area contributed by atoms with Gasteiger partial charge in [-0.2, -0.15) is 0 Å². The Morgan fingerprint density at radius 2 is 1.68 bits per heavy atom.